The largest absolute Gasteiger partial charge is 0.327 e. The van der Waals surface area contributed by atoms with E-state index < -0.39 is 20.6 Å². The molecular weight excluding hydrogens is 294 g/mol. The molecule has 1 aromatic carbocycles. The van der Waals surface area contributed by atoms with E-state index in [1.54, 1.807) is 12.1 Å². The van der Waals surface area contributed by atoms with E-state index in [2.05, 4.69) is 6.92 Å². The average molecular weight is 315 g/mol. The highest BCUT2D eigenvalue weighted by molar-refractivity contribution is 7.90. The molecule has 0 aliphatic heterocycles. The molecule has 0 radical (unpaired) electrons. The van der Waals surface area contributed by atoms with Crippen LogP contribution in [0.5, 0.6) is 0 Å². The van der Waals surface area contributed by atoms with Gasteiger partial charge in [0.25, 0.3) is 0 Å². The number of sulfone groups is 1. The van der Waals surface area contributed by atoms with Gasteiger partial charge in [0.1, 0.15) is 0 Å². The van der Waals surface area contributed by atoms with Crippen LogP contribution in [0.4, 0.5) is 0 Å². The van der Waals surface area contributed by atoms with Crippen LogP contribution in [0.25, 0.3) is 0 Å². The highest BCUT2D eigenvalue weighted by atomic mass is 32.2. The van der Waals surface area contributed by atoms with Crippen LogP contribution in [0, 0.1) is 5.92 Å². The van der Waals surface area contributed by atoms with Crippen LogP contribution in [-0.4, -0.2) is 30.2 Å². The lowest BCUT2D eigenvalue weighted by Gasteiger charge is -2.31. The van der Waals surface area contributed by atoms with Crippen molar-refractivity contribution < 1.29 is 12.6 Å². The van der Waals surface area contributed by atoms with Gasteiger partial charge in [-0.15, -0.1) is 0 Å². The zero-order valence-corrected chi connectivity index (χ0v) is 13.4. The van der Waals surface area contributed by atoms with Gasteiger partial charge in [-0.2, -0.15) is 0 Å². The Bertz CT molecular complexity index is 595. The van der Waals surface area contributed by atoms with Gasteiger partial charge in [0.05, 0.1) is 20.9 Å². The lowest BCUT2D eigenvalue weighted by atomic mass is 9.87. The minimum Gasteiger partial charge on any atom is -0.327 e. The molecule has 1 aromatic rings. The van der Waals surface area contributed by atoms with E-state index in [1.165, 1.54) is 12.1 Å². The summed E-state index contributed by atoms with van der Waals surface area (Å²) in [6.07, 6.45) is 4.01. The minimum absolute atomic E-state index is 0.0390. The summed E-state index contributed by atoms with van der Waals surface area (Å²) in [5, 5.41) is -0.0390. The van der Waals surface area contributed by atoms with E-state index in [0.717, 1.165) is 25.5 Å². The molecule has 0 spiro atoms. The van der Waals surface area contributed by atoms with Gasteiger partial charge >= 0.3 is 0 Å². The standard InChI is InChI=1S/C14H21NO3S2/c1-10-3-8-13(15)14(9-10)19(16)11-4-6-12(7-5-11)20(2,17)18/h4-7,10,13-14H,3,8-9,15H2,1-2H3. The van der Waals surface area contributed by atoms with Crippen LogP contribution in [-0.2, 0) is 20.6 Å². The van der Waals surface area contributed by atoms with Crippen molar-refractivity contribution in [3.05, 3.63) is 24.3 Å². The van der Waals surface area contributed by atoms with Crippen LogP contribution in [0.15, 0.2) is 34.1 Å². The Kier molecular flexibility index (Phi) is 4.66. The van der Waals surface area contributed by atoms with Crippen molar-refractivity contribution in [2.45, 2.75) is 47.3 Å². The smallest absolute Gasteiger partial charge is 0.175 e. The summed E-state index contributed by atoms with van der Waals surface area (Å²) in [5.74, 6) is 0.541. The predicted molar refractivity (Wildman–Crippen MR) is 80.7 cm³/mol. The molecule has 6 heteroatoms. The van der Waals surface area contributed by atoms with Gasteiger partial charge < -0.3 is 5.73 Å². The van der Waals surface area contributed by atoms with Crippen LogP contribution in [0.1, 0.15) is 26.2 Å². The molecule has 1 saturated carbocycles. The molecule has 4 atom stereocenters. The van der Waals surface area contributed by atoms with E-state index in [1.807, 2.05) is 0 Å². The summed E-state index contributed by atoms with van der Waals surface area (Å²) in [6.45, 7) is 2.16. The number of benzene rings is 1. The normalized spacial score (nSPS) is 29.1. The second-order valence-electron chi connectivity index (χ2n) is 5.66. The SMILES string of the molecule is CC1CCC(N)C(S(=O)c2ccc(S(C)(=O)=O)cc2)C1. The molecule has 0 saturated heterocycles. The molecule has 20 heavy (non-hydrogen) atoms. The Balaban J connectivity index is 2.21. The van der Waals surface area contributed by atoms with Gasteiger partial charge in [-0.25, -0.2) is 8.42 Å². The maximum atomic E-state index is 12.6. The van der Waals surface area contributed by atoms with Gasteiger partial charge in [-0.3, -0.25) is 4.21 Å². The van der Waals surface area contributed by atoms with Crippen LogP contribution in [0.3, 0.4) is 0 Å². The Morgan fingerprint density at radius 3 is 2.35 bits per heavy atom. The maximum absolute atomic E-state index is 12.6. The Hall–Kier alpha value is -0.720. The molecule has 0 amide bonds. The molecule has 0 aromatic heterocycles. The van der Waals surface area contributed by atoms with E-state index in [4.69, 9.17) is 5.73 Å². The monoisotopic (exact) mass is 315 g/mol. The molecule has 1 aliphatic carbocycles. The quantitative estimate of drug-likeness (QED) is 0.921. The summed E-state index contributed by atoms with van der Waals surface area (Å²) >= 11 is 0. The molecular formula is C14H21NO3S2. The zero-order chi connectivity index (χ0) is 14.9. The lowest BCUT2D eigenvalue weighted by Crippen LogP contribution is -2.42. The van der Waals surface area contributed by atoms with E-state index >= 15 is 0 Å². The first kappa shape index (κ1) is 15.7. The third-order valence-electron chi connectivity index (χ3n) is 3.86. The Labute approximate surface area is 123 Å². The third kappa shape index (κ3) is 3.48. The van der Waals surface area contributed by atoms with Crippen LogP contribution in [0.2, 0.25) is 0 Å². The molecule has 4 nitrogen and oxygen atoms in total. The van der Waals surface area contributed by atoms with Gasteiger partial charge in [-0.1, -0.05) is 6.92 Å². The molecule has 0 heterocycles. The highest BCUT2D eigenvalue weighted by Gasteiger charge is 2.31. The summed E-state index contributed by atoms with van der Waals surface area (Å²) < 4.78 is 35.4. The van der Waals surface area contributed by atoms with Crippen molar-refractivity contribution in [2.24, 2.45) is 11.7 Å². The van der Waals surface area contributed by atoms with Crippen molar-refractivity contribution in [3.8, 4) is 0 Å². The second kappa shape index (κ2) is 5.95. The summed E-state index contributed by atoms with van der Waals surface area (Å²) in [7, 11) is -4.39. The molecule has 2 N–H and O–H groups in total. The van der Waals surface area contributed by atoms with Gasteiger partial charge in [0, 0.05) is 17.2 Å². The van der Waals surface area contributed by atoms with E-state index in [-0.39, 0.29) is 16.2 Å². The topological polar surface area (TPSA) is 77.2 Å². The second-order valence-corrected chi connectivity index (χ2v) is 9.35. The van der Waals surface area contributed by atoms with Crippen LogP contribution >= 0.6 is 0 Å². The van der Waals surface area contributed by atoms with E-state index in [0.29, 0.717) is 10.8 Å². The highest BCUT2D eigenvalue weighted by Crippen LogP contribution is 2.29. The van der Waals surface area contributed by atoms with Gasteiger partial charge in [-0.05, 0) is 49.4 Å². The van der Waals surface area contributed by atoms with Crippen molar-refractivity contribution in [1.29, 1.82) is 0 Å². The molecule has 0 bridgehead atoms. The Morgan fingerprint density at radius 1 is 1.20 bits per heavy atom. The predicted octanol–water partition coefficient (Wildman–Crippen LogP) is 1.71. The van der Waals surface area contributed by atoms with Crippen molar-refractivity contribution in [1.82, 2.24) is 0 Å². The fourth-order valence-electron chi connectivity index (χ4n) is 2.59. The molecule has 112 valence electrons. The maximum Gasteiger partial charge on any atom is 0.175 e. The summed E-state index contributed by atoms with van der Waals surface area (Å²) in [6, 6.07) is 6.26. The van der Waals surface area contributed by atoms with Gasteiger partial charge in [0.2, 0.25) is 0 Å². The molecule has 1 fully saturated rings. The van der Waals surface area contributed by atoms with Gasteiger partial charge in [0.15, 0.2) is 9.84 Å². The third-order valence-corrected chi connectivity index (χ3v) is 6.82. The number of hydrogen-bond donors (Lipinski definition) is 1. The lowest BCUT2D eigenvalue weighted by molar-refractivity contribution is 0.353. The molecule has 2 rings (SSSR count). The number of hydrogen-bond acceptors (Lipinski definition) is 4. The fourth-order valence-corrected chi connectivity index (χ4v) is 4.94. The minimum atomic E-state index is -3.21. The first-order valence-electron chi connectivity index (χ1n) is 6.75. The van der Waals surface area contributed by atoms with E-state index in [9.17, 15) is 12.6 Å². The van der Waals surface area contributed by atoms with Crippen LogP contribution < -0.4 is 5.73 Å². The summed E-state index contributed by atoms with van der Waals surface area (Å²) in [5.41, 5.74) is 6.09. The summed E-state index contributed by atoms with van der Waals surface area (Å²) in [4.78, 5) is 0.909. The average Bonchev–Trinajstić information content (AvgIpc) is 2.40. The fraction of sp³-hybridized carbons (Fsp3) is 0.571. The first-order chi connectivity index (χ1) is 9.29. The first-order valence-corrected chi connectivity index (χ1v) is 9.85. The zero-order valence-electron chi connectivity index (χ0n) is 11.8. The van der Waals surface area contributed by atoms with Crippen molar-refractivity contribution in [3.63, 3.8) is 0 Å². The number of nitrogens with two attached hydrogens (primary N) is 1. The molecule has 1 aliphatic rings. The number of rotatable bonds is 3. The Morgan fingerprint density at radius 2 is 1.80 bits per heavy atom. The van der Waals surface area contributed by atoms with Crippen molar-refractivity contribution >= 4 is 20.6 Å². The molecule has 4 unspecified atom stereocenters. The van der Waals surface area contributed by atoms with Crippen molar-refractivity contribution in [2.75, 3.05) is 6.26 Å².